The maximum absolute atomic E-state index is 11.3. The molecule has 0 unspecified atom stereocenters. The van der Waals surface area contributed by atoms with Crippen LogP contribution in [0.2, 0.25) is 5.02 Å². The summed E-state index contributed by atoms with van der Waals surface area (Å²) in [6.45, 7) is 3.72. The second-order valence-corrected chi connectivity index (χ2v) is 3.65. The first kappa shape index (κ1) is 10.6. The van der Waals surface area contributed by atoms with Crippen molar-refractivity contribution in [1.82, 2.24) is 0 Å². The highest BCUT2D eigenvalue weighted by Crippen LogP contribution is 2.21. The van der Waals surface area contributed by atoms with Gasteiger partial charge in [-0.05, 0) is 37.1 Å². The van der Waals surface area contributed by atoms with Gasteiger partial charge in [0, 0.05) is 10.6 Å². The minimum Gasteiger partial charge on any atom is -0.293 e. The Morgan fingerprint density at radius 1 is 1.38 bits per heavy atom. The van der Waals surface area contributed by atoms with E-state index in [4.69, 9.17) is 23.2 Å². The zero-order valence-electron chi connectivity index (χ0n) is 7.53. The van der Waals surface area contributed by atoms with Gasteiger partial charge in [0.2, 0.25) is 0 Å². The molecule has 1 nitrogen and oxygen atoms in total. The topological polar surface area (TPSA) is 17.1 Å². The van der Waals surface area contributed by atoms with Crippen molar-refractivity contribution in [3.05, 3.63) is 33.8 Å². The van der Waals surface area contributed by atoms with Gasteiger partial charge in [0.05, 0.1) is 5.88 Å². The summed E-state index contributed by atoms with van der Waals surface area (Å²) in [7, 11) is 0. The SMILES string of the molecule is Cc1cc(Cl)c(C)c(C(=O)CCl)c1. The summed E-state index contributed by atoms with van der Waals surface area (Å²) in [5.74, 6) is -0.0783. The molecule has 0 atom stereocenters. The van der Waals surface area contributed by atoms with Crippen LogP contribution >= 0.6 is 23.2 Å². The van der Waals surface area contributed by atoms with Gasteiger partial charge in [-0.15, -0.1) is 11.6 Å². The first-order valence-electron chi connectivity index (χ1n) is 3.92. The van der Waals surface area contributed by atoms with Gasteiger partial charge in [-0.3, -0.25) is 4.79 Å². The van der Waals surface area contributed by atoms with Crippen LogP contribution in [-0.4, -0.2) is 11.7 Å². The first-order valence-corrected chi connectivity index (χ1v) is 4.83. The van der Waals surface area contributed by atoms with E-state index in [-0.39, 0.29) is 11.7 Å². The number of rotatable bonds is 2. The van der Waals surface area contributed by atoms with Gasteiger partial charge in [-0.25, -0.2) is 0 Å². The van der Waals surface area contributed by atoms with Gasteiger partial charge < -0.3 is 0 Å². The number of alkyl halides is 1. The molecule has 0 aromatic heterocycles. The number of hydrogen-bond donors (Lipinski definition) is 0. The molecule has 0 heterocycles. The standard InChI is InChI=1S/C10H10Cl2O/c1-6-3-8(10(13)5-11)7(2)9(12)4-6/h3-4H,5H2,1-2H3. The smallest absolute Gasteiger partial charge is 0.177 e. The van der Waals surface area contributed by atoms with Crippen molar-refractivity contribution < 1.29 is 4.79 Å². The fourth-order valence-corrected chi connectivity index (χ4v) is 1.59. The average molecular weight is 217 g/mol. The lowest BCUT2D eigenvalue weighted by Crippen LogP contribution is -2.03. The van der Waals surface area contributed by atoms with E-state index in [0.717, 1.165) is 11.1 Å². The van der Waals surface area contributed by atoms with Gasteiger partial charge >= 0.3 is 0 Å². The fraction of sp³-hybridized carbons (Fsp3) is 0.300. The van der Waals surface area contributed by atoms with E-state index in [1.54, 1.807) is 0 Å². The molecule has 0 aliphatic rings. The minimum absolute atomic E-state index is 0.000617. The second-order valence-electron chi connectivity index (χ2n) is 2.98. The molecule has 1 rings (SSSR count). The van der Waals surface area contributed by atoms with Crippen LogP contribution in [0, 0.1) is 13.8 Å². The Labute approximate surface area is 87.7 Å². The highest BCUT2D eigenvalue weighted by atomic mass is 35.5. The van der Waals surface area contributed by atoms with Crippen LogP contribution in [0.25, 0.3) is 0 Å². The quantitative estimate of drug-likeness (QED) is 0.548. The van der Waals surface area contributed by atoms with Crippen molar-refractivity contribution in [2.24, 2.45) is 0 Å². The summed E-state index contributed by atoms with van der Waals surface area (Å²) in [6, 6.07) is 3.65. The monoisotopic (exact) mass is 216 g/mol. The molecule has 1 aromatic carbocycles. The van der Waals surface area contributed by atoms with E-state index in [9.17, 15) is 4.79 Å². The third-order valence-electron chi connectivity index (χ3n) is 1.91. The summed E-state index contributed by atoms with van der Waals surface area (Å²) in [5.41, 5.74) is 2.40. The molecular formula is C10H10Cl2O. The van der Waals surface area contributed by atoms with E-state index in [0.29, 0.717) is 10.6 Å². The summed E-state index contributed by atoms with van der Waals surface area (Å²) in [4.78, 5) is 11.3. The summed E-state index contributed by atoms with van der Waals surface area (Å²) < 4.78 is 0. The maximum atomic E-state index is 11.3. The van der Waals surface area contributed by atoms with Crippen LogP contribution in [0.5, 0.6) is 0 Å². The number of Topliss-reactive ketones (excluding diaryl/α,β-unsaturated/α-hetero) is 1. The number of carbonyl (C=O) groups is 1. The molecule has 3 heteroatoms. The maximum Gasteiger partial charge on any atom is 0.177 e. The molecule has 0 spiro atoms. The minimum atomic E-state index is -0.0789. The Bertz CT molecular complexity index is 345. The fourth-order valence-electron chi connectivity index (χ4n) is 1.18. The van der Waals surface area contributed by atoms with Crippen molar-refractivity contribution in [3.8, 4) is 0 Å². The molecule has 13 heavy (non-hydrogen) atoms. The Morgan fingerprint density at radius 2 is 2.00 bits per heavy atom. The predicted molar refractivity (Wildman–Crippen MR) is 56.0 cm³/mol. The molecule has 0 aliphatic carbocycles. The van der Waals surface area contributed by atoms with Gasteiger partial charge in [-0.2, -0.15) is 0 Å². The molecule has 0 N–H and O–H groups in total. The number of aryl methyl sites for hydroxylation is 1. The molecule has 0 aliphatic heterocycles. The van der Waals surface area contributed by atoms with Gasteiger partial charge in [0.1, 0.15) is 0 Å². The Balaban J connectivity index is 3.28. The number of hydrogen-bond acceptors (Lipinski definition) is 1. The van der Waals surface area contributed by atoms with Crippen molar-refractivity contribution in [3.63, 3.8) is 0 Å². The van der Waals surface area contributed by atoms with Crippen LogP contribution in [0.4, 0.5) is 0 Å². The Hall–Kier alpha value is -0.530. The van der Waals surface area contributed by atoms with E-state index in [1.165, 1.54) is 0 Å². The zero-order valence-corrected chi connectivity index (χ0v) is 9.04. The van der Waals surface area contributed by atoms with Crippen molar-refractivity contribution >= 4 is 29.0 Å². The van der Waals surface area contributed by atoms with Gasteiger partial charge in [0.15, 0.2) is 5.78 Å². The van der Waals surface area contributed by atoms with Gasteiger partial charge in [0.25, 0.3) is 0 Å². The molecule has 1 aromatic rings. The number of halogens is 2. The lowest BCUT2D eigenvalue weighted by atomic mass is 10.0. The summed E-state index contributed by atoms with van der Waals surface area (Å²) in [5, 5.41) is 0.619. The lowest BCUT2D eigenvalue weighted by molar-refractivity contribution is 0.102. The number of ketones is 1. The van der Waals surface area contributed by atoms with Crippen LogP contribution in [0.15, 0.2) is 12.1 Å². The zero-order chi connectivity index (χ0) is 10.0. The molecule has 0 amide bonds. The van der Waals surface area contributed by atoms with E-state index in [1.807, 2.05) is 26.0 Å². The average Bonchev–Trinajstić information content (AvgIpc) is 2.10. The third kappa shape index (κ3) is 2.23. The second kappa shape index (κ2) is 4.12. The molecule has 0 saturated carbocycles. The van der Waals surface area contributed by atoms with E-state index >= 15 is 0 Å². The van der Waals surface area contributed by atoms with Gasteiger partial charge in [-0.1, -0.05) is 11.6 Å². The summed E-state index contributed by atoms with van der Waals surface area (Å²) in [6.07, 6.45) is 0. The number of carbonyl (C=O) groups excluding carboxylic acids is 1. The lowest BCUT2D eigenvalue weighted by Gasteiger charge is -2.06. The highest BCUT2D eigenvalue weighted by Gasteiger charge is 2.10. The van der Waals surface area contributed by atoms with Crippen LogP contribution < -0.4 is 0 Å². The third-order valence-corrected chi connectivity index (χ3v) is 2.55. The Morgan fingerprint density at radius 3 is 2.54 bits per heavy atom. The number of benzene rings is 1. The normalized spacial score (nSPS) is 10.2. The first-order chi connectivity index (χ1) is 6.06. The van der Waals surface area contributed by atoms with Crippen molar-refractivity contribution in [2.45, 2.75) is 13.8 Å². The molecule has 0 fully saturated rings. The van der Waals surface area contributed by atoms with Crippen LogP contribution in [0.3, 0.4) is 0 Å². The van der Waals surface area contributed by atoms with Crippen LogP contribution in [0.1, 0.15) is 21.5 Å². The highest BCUT2D eigenvalue weighted by molar-refractivity contribution is 6.33. The van der Waals surface area contributed by atoms with E-state index in [2.05, 4.69) is 0 Å². The van der Waals surface area contributed by atoms with Crippen molar-refractivity contribution in [2.75, 3.05) is 5.88 Å². The van der Waals surface area contributed by atoms with E-state index < -0.39 is 0 Å². The molecule has 70 valence electrons. The molecule has 0 bridgehead atoms. The van der Waals surface area contributed by atoms with Crippen LogP contribution in [-0.2, 0) is 0 Å². The molecule has 0 radical (unpaired) electrons. The predicted octanol–water partition coefficient (Wildman–Crippen LogP) is 3.38. The Kier molecular flexibility index (Phi) is 3.34. The summed E-state index contributed by atoms with van der Waals surface area (Å²) >= 11 is 11.4. The molecule has 0 saturated heterocycles. The molecular weight excluding hydrogens is 207 g/mol. The largest absolute Gasteiger partial charge is 0.293 e. The van der Waals surface area contributed by atoms with Crippen molar-refractivity contribution in [1.29, 1.82) is 0 Å².